The molecule has 2 N–H and O–H groups in total. The SMILES string of the molecule is CCN(CC)c1ccc(NC2=Nc3ccccc3N3C2=Nc2c(c(C)nn2-c2ccccc2)C3c2cc(Br)ccc2O)cc1. The number of aromatic hydroxyl groups is 1. The average Bonchev–Trinajstić information content (AvgIpc) is 3.39. The topological polar surface area (TPSA) is 81.3 Å². The Morgan fingerprint density at radius 1 is 0.886 bits per heavy atom. The minimum atomic E-state index is -0.425. The number of aryl methyl sites for hydroxylation is 1. The molecule has 1 aromatic heterocycles. The van der Waals surface area contributed by atoms with Crippen molar-refractivity contribution in [2.45, 2.75) is 26.8 Å². The summed E-state index contributed by atoms with van der Waals surface area (Å²) in [5.74, 6) is 2.15. The molecule has 4 aromatic carbocycles. The van der Waals surface area contributed by atoms with Crippen molar-refractivity contribution in [2.24, 2.45) is 9.98 Å². The lowest BCUT2D eigenvalue weighted by atomic mass is 9.92. The van der Waals surface area contributed by atoms with Crippen LogP contribution in [0.2, 0.25) is 0 Å². The molecule has 0 amide bonds. The molecule has 2 aliphatic rings. The van der Waals surface area contributed by atoms with E-state index in [0.717, 1.165) is 57.1 Å². The molecule has 1 unspecified atom stereocenters. The number of nitrogens with zero attached hydrogens (tertiary/aromatic N) is 6. The van der Waals surface area contributed by atoms with Crippen LogP contribution in [0.3, 0.4) is 0 Å². The Labute approximate surface area is 265 Å². The zero-order valence-corrected chi connectivity index (χ0v) is 26.3. The van der Waals surface area contributed by atoms with Crippen LogP contribution in [0.15, 0.2) is 112 Å². The zero-order valence-electron chi connectivity index (χ0n) is 24.7. The smallest absolute Gasteiger partial charge is 0.179 e. The van der Waals surface area contributed by atoms with Gasteiger partial charge in [-0.1, -0.05) is 46.3 Å². The Kier molecular flexibility index (Phi) is 7.18. The zero-order chi connectivity index (χ0) is 30.4. The van der Waals surface area contributed by atoms with Crippen molar-refractivity contribution in [2.75, 3.05) is 28.2 Å². The molecule has 7 rings (SSSR count). The molecule has 3 heterocycles. The van der Waals surface area contributed by atoms with Crippen LogP contribution in [-0.2, 0) is 0 Å². The monoisotopic (exact) mass is 645 g/mol. The Morgan fingerprint density at radius 3 is 2.36 bits per heavy atom. The lowest BCUT2D eigenvalue weighted by Gasteiger charge is -2.40. The Hall–Kier alpha value is -4.89. The second-order valence-corrected chi connectivity index (χ2v) is 11.7. The van der Waals surface area contributed by atoms with Crippen LogP contribution in [0.4, 0.5) is 28.6 Å². The summed E-state index contributed by atoms with van der Waals surface area (Å²) in [6.45, 7) is 8.21. The molecule has 2 aliphatic heterocycles. The van der Waals surface area contributed by atoms with E-state index in [4.69, 9.17) is 15.1 Å². The first-order valence-corrected chi connectivity index (χ1v) is 15.6. The van der Waals surface area contributed by atoms with Gasteiger partial charge in [0.25, 0.3) is 0 Å². The number of aromatic nitrogens is 2. The number of para-hydroxylation sites is 3. The molecule has 0 radical (unpaired) electrons. The van der Waals surface area contributed by atoms with Crippen LogP contribution in [0.1, 0.15) is 36.7 Å². The van der Waals surface area contributed by atoms with E-state index in [1.165, 1.54) is 5.69 Å². The Morgan fingerprint density at radius 2 is 1.61 bits per heavy atom. The molecule has 0 saturated heterocycles. The van der Waals surface area contributed by atoms with Crippen LogP contribution in [-0.4, -0.2) is 39.6 Å². The van der Waals surface area contributed by atoms with Crippen molar-refractivity contribution in [3.05, 3.63) is 118 Å². The van der Waals surface area contributed by atoms with E-state index < -0.39 is 6.04 Å². The van der Waals surface area contributed by atoms with Crippen LogP contribution in [0.25, 0.3) is 5.69 Å². The van der Waals surface area contributed by atoms with E-state index in [1.807, 2.05) is 78.3 Å². The van der Waals surface area contributed by atoms with E-state index >= 15 is 0 Å². The molecular formula is C35H32BrN7O. The summed E-state index contributed by atoms with van der Waals surface area (Å²) in [5, 5.41) is 19.9. The minimum Gasteiger partial charge on any atom is -0.508 e. The molecule has 8 nitrogen and oxygen atoms in total. The Balaban J connectivity index is 1.44. The maximum atomic E-state index is 11.3. The second kappa shape index (κ2) is 11.3. The van der Waals surface area contributed by atoms with E-state index in [0.29, 0.717) is 17.5 Å². The number of anilines is 3. The highest BCUT2D eigenvalue weighted by molar-refractivity contribution is 9.10. The summed E-state index contributed by atoms with van der Waals surface area (Å²) in [7, 11) is 0. The lowest BCUT2D eigenvalue weighted by molar-refractivity contribution is 0.465. The fourth-order valence-corrected chi connectivity index (χ4v) is 6.45. The number of halogens is 1. The van der Waals surface area contributed by atoms with Crippen molar-refractivity contribution in [3.63, 3.8) is 0 Å². The van der Waals surface area contributed by atoms with Gasteiger partial charge in [-0.25, -0.2) is 14.7 Å². The standard InChI is InChI=1S/C35H32BrN7O/c1-4-41(5-2)25-18-16-24(17-19-25)37-33-35-39-34-31(22(3)40-43(34)26-11-7-6-8-12-26)32(27-21-23(36)15-20-30(27)44)42(35)29-14-10-9-13-28(29)38-33/h6-21,32,44H,4-5H2,1-3H3,(H,37,38). The van der Waals surface area contributed by atoms with E-state index in [9.17, 15) is 5.11 Å². The van der Waals surface area contributed by atoms with Gasteiger partial charge >= 0.3 is 0 Å². The van der Waals surface area contributed by atoms with Gasteiger partial charge < -0.3 is 20.2 Å². The number of hydrogen-bond donors (Lipinski definition) is 2. The number of aliphatic imine (C=N–C) groups is 2. The fourth-order valence-electron chi connectivity index (χ4n) is 6.07. The maximum Gasteiger partial charge on any atom is 0.179 e. The van der Waals surface area contributed by atoms with Crippen molar-refractivity contribution in [1.82, 2.24) is 9.78 Å². The number of fused-ring (bicyclic) bond motifs is 4. The molecule has 0 aliphatic carbocycles. The molecule has 9 heteroatoms. The molecule has 220 valence electrons. The predicted octanol–water partition coefficient (Wildman–Crippen LogP) is 8.29. The molecule has 0 spiro atoms. The maximum absolute atomic E-state index is 11.3. The number of benzene rings is 4. The van der Waals surface area contributed by atoms with E-state index in [2.05, 4.69) is 69.2 Å². The largest absolute Gasteiger partial charge is 0.508 e. The van der Waals surface area contributed by atoms with E-state index in [-0.39, 0.29) is 5.75 Å². The summed E-state index contributed by atoms with van der Waals surface area (Å²) in [5.41, 5.74) is 7.18. The summed E-state index contributed by atoms with van der Waals surface area (Å²) in [6.07, 6.45) is 0. The summed E-state index contributed by atoms with van der Waals surface area (Å²) >= 11 is 3.65. The highest BCUT2D eigenvalue weighted by atomic mass is 79.9. The number of phenols is 1. The number of rotatable bonds is 6. The number of phenolic OH excluding ortho intramolecular Hbond substituents is 1. The van der Waals surface area contributed by atoms with Gasteiger partial charge in [0, 0.05) is 40.1 Å². The van der Waals surface area contributed by atoms with Crippen molar-refractivity contribution in [1.29, 1.82) is 0 Å². The number of hydrogen-bond acceptors (Lipinski definition) is 7. The third kappa shape index (κ3) is 4.73. The van der Waals surface area contributed by atoms with Gasteiger partial charge in [-0.2, -0.15) is 5.10 Å². The average molecular weight is 647 g/mol. The van der Waals surface area contributed by atoms with Gasteiger partial charge in [-0.15, -0.1) is 0 Å². The van der Waals surface area contributed by atoms with E-state index in [1.54, 1.807) is 6.07 Å². The molecule has 0 fully saturated rings. The first-order valence-electron chi connectivity index (χ1n) is 14.8. The third-order valence-electron chi connectivity index (χ3n) is 8.18. The second-order valence-electron chi connectivity index (χ2n) is 10.8. The van der Waals surface area contributed by atoms with Gasteiger partial charge in [0.1, 0.15) is 5.75 Å². The van der Waals surface area contributed by atoms with Gasteiger partial charge in [0.15, 0.2) is 17.5 Å². The fraction of sp³-hybridized carbons (Fsp3) is 0.171. The Bertz CT molecular complexity index is 1910. The highest BCUT2D eigenvalue weighted by Gasteiger charge is 2.42. The number of amidine groups is 2. The minimum absolute atomic E-state index is 0.193. The molecule has 0 bridgehead atoms. The van der Waals surface area contributed by atoms with Gasteiger partial charge in [0.2, 0.25) is 0 Å². The van der Waals surface area contributed by atoms with Crippen LogP contribution in [0.5, 0.6) is 5.75 Å². The van der Waals surface area contributed by atoms with Crippen LogP contribution >= 0.6 is 15.9 Å². The van der Waals surface area contributed by atoms with Crippen molar-refractivity contribution in [3.8, 4) is 11.4 Å². The molecule has 44 heavy (non-hydrogen) atoms. The molecule has 1 atom stereocenters. The molecule has 5 aromatic rings. The lowest BCUT2D eigenvalue weighted by Crippen LogP contribution is -2.46. The summed E-state index contributed by atoms with van der Waals surface area (Å²) in [6, 6.07) is 31.6. The molecular weight excluding hydrogens is 614 g/mol. The summed E-state index contributed by atoms with van der Waals surface area (Å²) < 4.78 is 2.75. The normalized spacial score (nSPS) is 15.1. The van der Waals surface area contributed by atoms with Gasteiger partial charge in [0.05, 0.1) is 28.8 Å². The van der Waals surface area contributed by atoms with Gasteiger partial charge in [-0.05, 0) is 87.5 Å². The first kappa shape index (κ1) is 27.9. The van der Waals surface area contributed by atoms with Crippen molar-refractivity contribution < 1.29 is 5.11 Å². The summed E-state index contributed by atoms with van der Waals surface area (Å²) in [4.78, 5) is 14.9. The molecule has 0 saturated carbocycles. The third-order valence-corrected chi connectivity index (χ3v) is 8.68. The quantitative estimate of drug-likeness (QED) is 0.194. The van der Waals surface area contributed by atoms with Gasteiger partial charge in [-0.3, -0.25) is 0 Å². The highest BCUT2D eigenvalue weighted by Crippen LogP contribution is 2.50. The van der Waals surface area contributed by atoms with Crippen molar-refractivity contribution >= 4 is 56.2 Å². The van der Waals surface area contributed by atoms with Crippen LogP contribution < -0.4 is 15.1 Å². The van der Waals surface area contributed by atoms with Crippen LogP contribution in [0, 0.1) is 6.92 Å². The first-order chi connectivity index (χ1) is 21.5. The predicted molar refractivity (Wildman–Crippen MR) is 183 cm³/mol. The number of nitrogens with one attached hydrogen (secondary N) is 1.